The summed E-state index contributed by atoms with van der Waals surface area (Å²) in [7, 11) is -2.75. The fraction of sp³-hybridized carbons (Fsp3) is 0.581. The first-order valence-corrected chi connectivity index (χ1v) is 16.2. The van der Waals surface area contributed by atoms with Crippen molar-refractivity contribution in [2.75, 3.05) is 26.9 Å². The fourth-order valence-electron chi connectivity index (χ4n) is 5.80. The van der Waals surface area contributed by atoms with Crippen molar-refractivity contribution in [2.24, 2.45) is 17.1 Å². The van der Waals surface area contributed by atoms with Crippen LogP contribution in [0.5, 0.6) is 5.75 Å². The van der Waals surface area contributed by atoms with Crippen LogP contribution in [0.2, 0.25) is 0 Å². The number of nitrogens with two attached hydrogens (primary N) is 1. The summed E-state index contributed by atoms with van der Waals surface area (Å²) in [4.78, 5) is 13.3. The van der Waals surface area contributed by atoms with Crippen LogP contribution in [0.3, 0.4) is 0 Å². The summed E-state index contributed by atoms with van der Waals surface area (Å²) in [6.45, 7) is 6.88. The Bertz CT molecular complexity index is 1340. The molecule has 0 saturated carbocycles. The molecule has 0 bridgehead atoms. The number of hydrogen-bond acceptors (Lipinski definition) is 9. The maximum Gasteiger partial charge on any atom is 0.409 e. The molecule has 5 atom stereocenters. The molecule has 2 aliphatic heterocycles. The van der Waals surface area contributed by atoms with E-state index in [0.29, 0.717) is 37.3 Å². The molecule has 1 amide bonds. The maximum absolute atomic E-state index is 14.0. The first-order valence-electron chi connectivity index (χ1n) is 14.7. The molecule has 0 spiro atoms. The van der Waals surface area contributed by atoms with Crippen LogP contribution in [0.4, 0.5) is 4.79 Å². The number of rotatable bonds is 14. The molecular weight excluding hydrogens is 574 g/mol. The quantitative estimate of drug-likeness (QED) is 0.233. The largest absolute Gasteiger partial charge is 0.496 e. The number of aliphatic hydroxyl groups is 1. The van der Waals surface area contributed by atoms with E-state index in [2.05, 4.69) is 23.9 Å². The van der Waals surface area contributed by atoms with Gasteiger partial charge in [0.2, 0.25) is 10.0 Å². The molecule has 4 rings (SSSR count). The van der Waals surface area contributed by atoms with Gasteiger partial charge in [-0.25, -0.2) is 13.2 Å². The molecule has 0 aliphatic carbocycles. The number of nitrogens with one attached hydrogen (secondary N) is 2. The summed E-state index contributed by atoms with van der Waals surface area (Å²) >= 11 is 0. The van der Waals surface area contributed by atoms with E-state index in [-0.39, 0.29) is 29.3 Å². The van der Waals surface area contributed by atoms with Gasteiger partial charge in [0.25, 0.3) is 0 Å². The Morgan fingerprint density at radius 3 is 2.58 bits per heavy atom. The summed E-state index contributed by atoms with van der Waals surface area (Å²) in [6.07, 6.45) is -0.321. The highest BCUT2D eigenvalue weighted by Crippen LogP contribution is 2.34. The Kier molecular flexibility index (Phi) is 10.7. The Labute approximate surface area is 254 Å². The number of hydrogen-bond donors (Lipinski definition) is 4. The molecule has 2 heterocycles. The molecule has 43 heavy (non-hydrogen) atoms. The van der Waals surface area contributed by atoms with E-state index in [9.17, 15) is 18.3 Å². The van der Waals surface area contributed by atoms with Crippen molar-refractivity contribution in [3.05, 3.63) is 59.7 Å². The zero-order chi connectivity index (χ0) is 31.3. The predicted octanol–water partition coefficient (Wildman–Crippen LogP) is 3.09. The normalized spacial score (nSPS) is 22.4. The predicted molar refractivity (Wildman–Crippen MR) is 161 cm³/mol. The Balaban J connectivity index is 1.64. The lowest BCUT2D eigenvalue weighted by Gasteiger charge is -2.38. The monoisotopic (exact) mass is 619 g/mol. The lowest BCUT2D eigenvalue weighted by molar-refractivity contribution is -0.0907. The first kappa shape index (κ1) is 33.2. The van der Waals surface area contributed by atoms with Crippen LogP contribution in [-0.4, -0.2) is 70.6 Å². The molecule has 2 aliphatic rings. The number of carbonyl (C=O) groups excluding carboxylic acids is 1. The molecule has 2 aromatic carbocycles. The van der Waals surface area contributed by atoms with Crippen molar-refractivity contribution in [3.8, 4) is 5.75 Å². The summed E-state index contributed by atoms with van der Waals surface area (Å²) < 4.78 is 53.0. The molecule has 0 unspecified atom stereocenters. The van der Waals surface area contributed by atoms with E-state index < -0.39 is 40.3 Å². The van der Waals surface area contributed by atoms with Gasteiger partial charge in [-0.15, -0.1) is 0 Å². The topological polar surface area (TPSA) is 158 Å². The van der Waals surface area contributed by atoms with Gasteiger partial charge in [-0.1, -0.05) is 44.2 Å². The van der Waals surface area contributed by atoms with Crippen molar-refractivity contribution < 1.29 is 37.3 Å². The van der Waals surface area contributed by atoms with Crippen molar-refractivity contribution in [2.45, 2.75) is 81.9 Å². The number of fused-ring (bicyclic) bond motifs is 1. The van der Waals surface area contributed by atoms with Crippen LogP contribution in [-0.2, 0) is 37.1 Å². The molecule has 2 fully saturated rings. The third-order valence-corrected chi connectivity index (χ3v) is 9.72. The van der Waals surface area contributed by atoms with Gasteiger partial charge in [0.05, 0.1) is 37.2 Å². The van der Waals surface area contributed by atoms with Gasteiger partial charge < -0.3 is 29.8 Å². The minimum Gasteiger partial charge on any atom is -0.496 e. The lowest BCUT2D eigenvalue weighted by atomic mass is 9.81. The van der Waals surface area contributed by atoms with E-state index in [1.54, 1.807) is 43.5 Å². The van der Waals surface area contributed by atoms with Gasteiger partial charge in [-0.05, 0) is 73.9 Å². The number of aliphatic hydroxyl groups excluding tert-OH is 1. The molecule has 238 valence electrons. The van der Waals surface area contributed by atoms with Crippen LogP contribution in [0, 0.1) is 11.3 Å². The van der Waals surface area contributed by atoms with Gasteiger partial charge in [-0.2, -0.15) is 4.72 Å². The lowest BCUT2D eigenvalue weighted by Crippen LogP contribution is -2.68. The van der Waals surface area contributed by atoms with Crippen LogP contribution in [0.25, 0.3) is 0 Å². The highest BCUT2D eigenvalue weighted by atomic mass is 32.2. The Morgan fingerprint density at radius 2 is 1.91 bits per heavy atom. The van der Waals surface area contributed by atoms with Crippen LogP contribution < -0.4 is 20.5 Å². The number of methoxy groups -OCH3 is 1. The molecular formula is C31H45N3O8S. The Hall–Kier alpha value is -2.74. The number of ether oxygens (including phenoxy) is 4. The highest BCUT2D eigenvalue weighted by Gasteiger charge is 2.46. The van der Waals surface area contributed by atoms with E-state index in [1.807, 2.05) is 6.07 Å². The molecule has 0 radical (unpaired) electrons. The van der Waals surface area contributed by atoms with Crippen LogP contribution in [0.15, 0.2) is 53.4 Å². The van der Waals surface area contributed by atoms with Gasteiger partial charge in [0.1, 0.15) is 17.5 Å². The molecule has 2 saturated heterocycles. The van der Waals surface area contributed by atoms with Crippen LogP contribution in [0.1, 0.15) is 51.2 Å². The Morgan fingerprint density at radius 1 is 1.16 bits per heavy atom. The molecule has 2 aromatic rings. The molecule has 0 aromatic heterocycles. The van der Waals surface area contributed by atoms with Crippen LogP contribution >= 0.6 is 0 Å². The number of alkyl carbamates (subject to hydrolysis) is 1. The van der Waals surface area contributed by atoms with Gasteiger partial charge in [0.15, 0.2) is 6.29 Å². The average Bonchev–Trinajstić information content (AvgIpc) is 3.57. The zero-order valence-corrected chi connectivity index (χ0v) is 26.2. The third kappa shape index (κ3) is 8.25. The first-order chi connectivity index (χ1) is 20.4. The number of sulfonamides is 1. The van der Waals surface area contributed by atoms with Gasteiger partial charge >= 0.3 is 6.09 Å². The van der Waals surface area contributed by atoms with Crippen molar-refractivity contribution in [3.63, 3.8) is 0 Å². The zero-order valence-electron chi connectivity index (χ0n) is 25.4. The fourth-order valence-corrected chi connectivity index (χ4v) is 7.24. The number of amides is 1. The molecule has 5 N–H and O–H groups in total. The smallest absolute Gasteiger partial charge is 0.409 e. The third-order valence-electron chi connectivity index (χ3n) is 8.21. The maximum atomic E-state index is 14.0. The SMILES string of the molecule is COc1ccc(S(=O)(=O)N[C@](Cc2ccccc2)(NC(=O)O[C@H]2CO[C@H]3OCC[C@H]32)[C@@H](C)O)cc1CC(C)(C)CCCN. The van der Waals surface area contributed by atoms with E-state index in [4.69, 9.17) is 24.7 Å². The van der Waals surface area contributed by atoms with Gasteiger partial charge in [-0.3, -0.25) is 5.32 Å². The molecule has 12 heteroatoms. The number of benzene rings is 2. The summed E-state index contributed by atoms with van der Waals surface area (Å²) in [5.41, 5.74) is 5.14. The minimum absolute atomic E-state index is 0.0266. The second kappa shape index (κ2) is 13.9. The van der Waals surface area contributed by atoms with E-state index in [0.717, 1.165) is 18.4 Å². The van der Waals surface area contributed by atoms with E-state index in [1.165, 1.54) is 13.0 Å². The second-order valence-electron chi connectivity index (χ2n) is 12.2. The second-order valence-corrected chi connectivity index (χ2v) is 13.9. The summed E-state index contributed by atoms with van der Waals surface area (Å²) in [6, 6.07) is 13.6. The van der Waals surface area contributed by atoms with Crippen molar-refractivity contribution in [1.29, 1.82) is 0 Å². The molecule has 11 nitrogen and oxygen atoms in total. The van der Waals surface area contributed by atoms with Crippen molar-refractivity contribution >= 4 is 16.1 Å². The highest BCUT2D eigenvalue weighted by molar-refractivity contribution is 7.89. The average molecular weight is 620 g/mol. The minimum atomic E-state index is -4.29. The summed E-state index contributed by atoms with van der Waals surface area (Å²) in [5.74, 6) is 0.463. The van der Waals surface area contributed by atoms with Crippen molar-refractivity contribution in [1.82, 2.24) is 10.0 Å². The van der Waals surface area contributed by atoms with Gasteiger partial charge in [0, 0.05) is 6.42 Å². The number of carbonyl (C=O) groups is 1. The summed E-state index contributed by atoms with van der Waals surface area (Å²) in [5, 5.41) is 13.8. The standard InChI is InChI=1S/C31H45N3O8S/c1-21(35)31(18-22-9-6-5-7-10-22,33-29(36)42-27-20-41-28-25(27)13-16-40-28)34-43(37,38)24-11-12-26(39-4)23(17-24)19-30(2,3)14-8-15-32/h5-7,9-12,17,21,25,27-28,34-35H,8,13-16,18-20,32H2,1-4H3,(H,33,36)/t21-,25+,27+,28-,31+/m1/s1. The van der Waals surface area contributed by atoms with E-state index >= 15 is 0 Å².